The number of hydrogen-bond donors (Lipinski definition) is 2. The van der Waals surface area contributed by atoms with E-state index in [-0.39, 0.29) is 5.91 Å². The van der Waals surface area contributed by atoms with Crippen molar-refractivity contribution >= 4 is 44.9 Å². The normalized spacial score (nSPS) is 10.3. The molecule has 0 aliphatic rings. The standard InChI is InChI=1S/C13H11BrClN3O/c1-7-4-8(5-12(16)17-7)13(19)18-11-3-2-9(14)6-10(11)15/h2-6H,1H3,(H2,16,17)(H,18,19). The fourth-order valence-corrected chi connectivity index (χ4v) is 2.33. The molecule has 0 saturated carbocycles. The molecule has 1 amide bonds. The van der Waals surface area contributed by atoms with Crippen LogP contribution in [0.15, 0.2) is 34.8 Å². The number of carbonyl (C=O) groups excluding carboxylic acids is 1. The van der Waals surface area contributed by atoms with E-state index in [1.165, 1.54) is 6.07 Å². The quantitative estimate of drug-likeness (QED) is 0.877. The van der Waals surface area contributed by atoms with Crippen LogP contribution in [-0.4, -0.2) is 10.9 Å². The van der Waals surface area contributed by atoms with E-state index < -0.39 is 0 Å². The van der Waals surface area contributed by atoms with Crippen molar-refractivity contribution in [2.24, 2.45) is 0 Å². The molecule has 1 heterocycles. The molecular weight excluding hydrogens is 330 g/mol. The maximum absolute atomic E-state index is 12.1. The zero-order chi connectivity index (χ0) is 14.0. The van der Waals surface area contributed by atoms with Gasteiger partial charge >= 0.3 is 0 Å². The molecule has 0 unspecified atom stereocenters. The molecule has 1 aromatic heterocycles. The second-order valence-electron chi connectivity index (χ2n) is 4.00. The summed E-state index contributed by atoms with van der Waals surface area (Å²) in [7, 11) is 0. The van der Waals surface area contributed by atoms with Crippen molar-refractivity contribution in [1.82, 2.24) is 4.98 Å². The number of anilines is 2. The van der Waals surface area contributed by atoms with Crippen molar-refractivity contribution < 1.29 is 4.79 Å². The fourth-order valence-electron chi connectivity index (χ4n) is 1.61. The van der Waals surface area contributed by atoms with Crippen LogP contribution < -0.4 is 11.1 Å². The predicted octanol–water partition coefficient (Wildman–Crippen LogP) is 3.64. The molecule has 0 spiro atoms. The van der Waals surface area contributed by atoms with Gasteiger partial charge in [-0.1, -0.05) is 27.5 Å². The summed E-state index contributed by atoms with van der Waals surface area (Å²) in [6, 6.07) is 8.42. The largest absolute Gasteiger partial charge is 0.384 e. The van der Waals surface area contributed by atoms with Crippen LogP contribution in [0.3, 0.4) is 0 Å². The number of amides is 1. The van der Waals surface area contributed by atoms with Gasteiger partial charge in [0.2, 0.25) is 0 Å². The lowest BCUT2D eigenvalue weighted by molar-refractivity contribution is 0.102. The van der Waals surface area contributed by atoms with Crippen LogP contribution in [-0.2, 0) is 0 Å². The number of carbonyl (C=O) groups is 1. The predicted molar refractivity (Wildman–Crippen MR) is 80.5 cm³/mol. The van der Waals surface area contributed by atoms with Crippen molar-refractivity contribution in [1.29, 1.82) is 0 Å². The average Bonchev–Trinajstić information content (AvgIpc) is 2.31. The molecule has 3 N–H and O–H groups in total. The van der Waals surface area contributed by atoms with Crippen LogP contribution in [0.1, 0.15) is 16.1 Å². The Labute approximate surface area is 124 Å². The fraction of sp³-hybridized carbons (Fsp3) is 0.0769. The number of nitrogens with one attached hydrogen (secondary N) is 1. The first-order valence-electron chi connectivity index (χ1n) is 5.46. The number of aryl methyl sites for hydroxylation is 1. The summed E-state index contributed by atoms with van der Waals surface area (Å²) in [4.78, 5) is 16.1. The van der Waals surface area contributed by atoms with Gasteiger partial charge in [0, 0.05) is 15.7 Å². The lowest BCUT2D eigenvalue weighted by Gasteiger charge is -2.08. The van der Waals surface area contributed by atoms with Gasteiger partial charge in [0.15, 0.2) is 0 Å². The number of nitrogen functional groups attached to an aromatic ring is 1. The van der Waals surface area contributed by atoms with Crippen molar-refractivity contribution in [3.63, 3.8) is 0 Å². The van der Waals surface area contributed by atoms with E-state index in [9.17, 15) is 4.79 Å². The van der Waals surface area contributed by atoms with Gasteiger partial charge in [-0.05, 0) is 37.3 Å². The molecule has 4 nitrogen and oxygen atoms in total. The zero-order valence-corrected chi connectivity index (χ0v) is 12.4. The zero-order valence-electron chi connectivity index (χ0n) is 10.1. The van der Waals surface area contributed by atoms with E-state index in [0.29, 0.717) is 27.8 Å². The molecule has 6 heteroatoms. The molecule has 0 aliphatic carbocycles. The molecule has 0 aliphatic heterocycles. The summed E-state index contributed by atoms with van der Waals surface area (Å²) >= 11 is 9.35. The Kier molecular flexibility index (Phi) is 4.07. The van der Waals surface area contributed by atoms with E-state index in [2.05, 4.69) is 26.2 Å². The maximum Gasteiger partial charge on any atom is 0.255 e. The Morgan fingerprint density at radius 3 is 2.74 bits per heavy atom. The van der Waals surface area contributed by atoms with Crippen LogP contribution in [0, 0.1) is 6.92 Å². The smallest absolute Gasteiger partial charge is 0.255 e. The van der Waals surface area contributed by atoms with Crippen LogP contribution in [0.4, 0.5) is 11.5 Å². The Morgan fingerprint density at radius 2 is 2.11 bits per heavy atom. The van der Waals surface area contributed by atoms with E-state index in [1.54, 1.807) is 31.2 Å². The minimum Gasteiger partial charge on any atom is -0.384 e. The molecular formula is C13H11BrClN3O. The van der Waals surface area contributed by atoms with Crippen LogP contribution in [0.5, 0.6) is 0 Å². The van der Waals surface area contributed by atoms with Gasteiger partial charge in [-0.25, -0.2) is 4.98 Å². The number of benzene rings is 1. The lowest BCUT2D eigenvalue weighted by Crippen LogP contribution is -2.13. The second-order valence-corrected chi connectivity index (χ2v) is 5.32. The lowest BCUT2D eigenvalue weighted by atomic mass is 10.2. The van der Waals surface area contributed by atoms with Crippen molar-refractivity contribution in [3.05, 3.63) is 51.1 Å². The molecule has 2 rings (SSSR count). The Morgan fingerprint density at radius 1 is 1.37 bits per heavy atom. The molecule has 0 fully saturated rings. The highest BCUT2D eigenvalue weighted by molar-refractivity contribution is 9.10. The summed E-state index contributed by atoms with van der Waals surface area (Å²) in [6.45, 7) is 1.78. The number of halogens is 2. The number of aromatic nitrogens is 1. The number of nitrogens with zero attached hydrogens (tertiary/aromatic N) is 1. The minimum atomic E-state index is -0.276. The molecule has 0 radical (unpaired) electrons. The monoisotopic (exact) mass is 339 g/mol. The summed E-state index contributed by atoms with van der Waals surface area (Å²) in [6.07, 6.45) is 0. The molecule has 98 valence electrons. The Hall–Kier alpha value is -1.59. The van der Waals surface area contributed by atoms with Crippen molar-refractivity contribution in [2.45, 2.75) is 6.92 Å². The van der Waals surface area contributed by atoms with Crippen LogP contribution in [0.2, 0.25) is 5.02 Å². The summed E-state index contributed by atoms with van der Waals surface area (Å²) < 4.78 is 0.847. The molecule has 2 aromatic rings. The second kappa shape index (κ2) is 5.59. The SMILES string of the molecule is Cc1cc(C(=O)Nc2ccc(Br)cc2Cl)cc(N)n1. The molecule has 19 heavy (non-hydrogen) atoms. The highest BCUT2D eigenvalue weighted by atomic mass is 79.9. The number of hydrogen-bond acceptors (Lipinski definition) is 3. The van der Waals surface area contributed by atoms with Crippen molar-refractivity contribution in [3.8, 4) is 0 Å². The molecule has 1 aromatic carbocycles. The van der Waals surface area contributed by atoms with Gasteiger partial charge in [-0.2, -0.15) is 0 Å². The Balaban J connectivity index is 2.25. The number of pyridine rings is 1. The van der Waals surface area contributed by atoms with E-state index in [4.69, 9.17) is 17.3 Å². The molecule has 0 saturated heterocycles. The summed E-state index contributed by atoms with van der Waals surface area (Å²) in [5, 5.41) is 3.19. The third kappa shape index (κ3) is 3.45. The van der Waals surface area contributed by atoms with E-state index in [1.807, 2.05) is 0 Å². The highest BCUT2D eigenvalue weighted by Crippen LogP contribution is 2.26. The van der Waals surface area contributed by atoms with Gasteiger partial charge in [0.05, 0.1) is 10.7 Å². The van der Waals surface area contributed by atoms with Gasteiger partial charge in [-0.3, -0.25) is 4.79 Å². The first-order chi connectivity index (χ1) is 8.95. The molecule has 0 atom stereocenters. The van der Waals surface area contributed by atoms with Crippen LogP contribution >= 0.6 is 27.5 Å². The third-order valence-electron chi connectivity index (χ3n) is 2.41. The van der Waals surface area contributed by atoms with Crippen molar-refractivity contribution in [2.75, 3.05) is 11.1 Å². The Bertz CT molecular complexity index is 626. The molecule has 0 bridgehead atoms. The third-order valence-corrected chi connectivity index (χ3v) is 3.22. The first-order valence-corrected chi connectivity index (χ1v) is 6.63. The highest BCUT2D eigenvalue weighted by Gasteiger charge is 2.10. The topological polar surface area (TPSA) is 68.0 Å². The van der Waals surface area contributed by atoms with Gasteiger partial charge in [0.1, 0.15) is 5.82 Å². The number of rotatable bonds is 2. The van der Waals surface area contributed by atoms with Crippen LogP contribution in [0.25, 0.3) is 0 Å². The number of nitrogens with two attached hydrogens (primary N) is 1. The minimum absolute atomic E-state index is 0.276. The van der Waals surface area contributed by atoms with E-state index in [0.717, 1.165) is 4.47 Å². The first kappa shape index (κ1) is 13.8. The maximum atomic E-state index is 12.1. The van der Waals surface area contributed by atoms with Gasteiger partial charge in [-0.15, -0.1) is 0 Å². The average molecular weight is 341 g/mol. The van der Waals surface area contributed by atoms with E-state index >= 15 is 0 Å². The summed E-state index contributed by atoms with van der Waals surface area (Å²) in [5.74, 6) is 0.0356. The summed E-state index contributed by atoms with van der Waals surface area (Å²) in [5.41, 5.74) is 7.30. The van der Waals surface area contributed by atoms with Gasteiger partial charge in [0.25, 0.3) is 5.91 Å². The van der Waals surface area contributed by atoms with Gasteiger partial charge < -0.3 is 11.1 Å².